The Bertz CT molecular complexity index is 3540. The number of hydrogen-bond acceptors (Lipinski definition) is 1. The zero-order valence-electron chi connectivity index (χ0n) is 33.3. The maximum Gasteiger partial charge on any atom is 0.0713 e. The molecule has 0 amide bonds. The Labute approximate surface area is 359 Å². The van der Waals surface area contributed by atoms with Gasteiger partial charge >= 0.3 is 0 Å². The molecule has 0 bridgehead atoms. The third kappa shape index (κ3) is 4.76. The Morgan fingerprint density at radius 3 is 1.38 bits per heavy atom. The van der Waals surface area contributed by atoms with Gasteiger partial charge in [0, 0.05) is 20.2 Å². The normalized spacial score (nSPS) is 17.3. The van der Waals surface area contributed by atoms with Gasteiger partial charge in [0.1, 0.15) is 0 Å². The quantitative estimate of drug-likeness (QED) is 0.163. The number of benzene rings is 10. The highest BCUT2D eigenvalue weighted by atomic mass is 32.1. The summed E-state index contributed by atoms with van der Waals surface area (Å²) in [7, 11) is 0. The predicted octanol–water partition coefficient (Wildman–Crippen LogP) is 15.6. The van der Waals surface area contributed by atoms with Crippen LogP contribution in [0, 0.1) is 0 Å². The molecule has 2 aliphatic rings. The van der Waals surface area contributed by atoms with Gasteiger partial charge in [-0.3, -0.25) is 0 Å². The van der Waals surface area contributed by atoms with Crippen molar-refractivity contribution in [2.75, 3.05) is 0 Å². The van der Waals surface area contributed by atoms with Gasteiger partial charge in [0.15, 0.2) is 0 Å². The first-order valence-corrected chi connectivity index (χ1v) is 22.1. The van der Waals surface area contributed by atoms with Crippen molar-refractivity contribution in [3.8, 4) is 33.4 Å². The SMILES string of the molecule is c1ccc(C2(c3ccc4ccccc4c3)c3ccccc3-c3cc(-c4ccc5c(c4)-c4ccccc4C5(c4ccccc4)c4ccc5sc6ccccc6c5c4)ccc32)cc1. The van der Waals surface area contributed by atoms with E-state index in [2.05, 4.69) is 231 Å². The van der Waals surface area contributed by atoms with Gasteiger partial charge in [-0.05, 0) is 125 Å². The Balaban J connectivity index is 1.03. The van der Waals surface area contributed by atoms with E-state index in [0.29, 0.717) is 0 Å². The van der Waals surface area contributed by atoms with E-state index in [-0.39, 0.29) is 0 Å². The van der Waals surface area contributed by atoms with E-state index in [1.165, 1.54) is 109 Å². The fraction of sp³-hybridized carbons (Fsp3) is 0.0333. The van der Waals surface area contributed by atoms with Gasteiger partial charge in [-0.2, -0.15) is 0 Å². The zero-order chi connectivity index (χ0) is 40.1. The third-order valence-corrected chi connectivity index (χ3v) is 15.0. The highest BCUT2D eigenvalue weighted by Crippen LogP contribution is 2.59. The summed E-state index contributed by atoms with van der Waals surface area (Å²) in [6.45, 7) is 0. The van der Waals surface area contributed by atoms with Crippen LogP contribution in [-0.4, -0.2) is 0 Å². The van der Waals surface area contributed by atoms with Gasteiger partial charge < -0.3 is 0 Å². The Morgan fingerprint density at radius 2 is 0.738 bits per heavy atom. The van der Waals surface area contributed by atoms with E-state index in [4.69, 9.17) is 0 Å². The lowest BCUT2D eigenvalue weighted by molar-refractivity contribution is 0.770. The minimum atomic E-state index is -0.477. The second-order valence-electron chi connectivity index (χ2n) is 16.7. The van der Waals surface area contributed by atoms with Crippen LogP contribution >= 0.6 is 11.3 Å². The van der Waals surface area contributed by atoms with E-state index in [1.807, 2.05) is 11.3 Å². The van der Waals surface area contributed by atoms with E-state index < -0.39 is 10.8 Å². The second-order valence-corrected chi connectivity index (χ2v) is 17.8. The average molecular weight is 791 g/mol. The summed E-state index contributed by atoms with van der Waals surface area (Å²) in [5.41, 5.74) is 17.1. The number of thiophene rings is 1. The first-order chi connectivity index (χ1) is 30.2. The van der Waals surface area contributed by atoms with E-state index in [9.17, 15) is 0 Å². The molecular weight excluding hydrogens is 753 g/mol. The molecule has 0 aliphatic heterocycles. The first kappa shape index (κ1) is 34.5. The number of hydrogen-bond donors (Lipinski definition) is 0. The van der Waals surface area contributed by atoms with Crippen LogP contribution in [0.25, 0.3) is 64.3 Å². The number of fused-ring (bicyclic) bond motifs is 10. The van der Waals surface area contributed by atoms with Crippen molar-refractivity contribution in [3.05, 3.63) is 275 Å². The molecule has 0 nitrogen and oxygen atoms in total. The highest BCUT2D eigenvalue weighted by Gasteiger charge is 2.48. The monoisotopic (exact) mass is 790 g/mol. The Hall–Kier alpha value is -7.32. The lowest BCUT2D eigenvalue weighted by atomic mass is 9.67. The summed E-state index contributed by atoms with van der Waals surface area (Å²) in [6, 6.07) is 86.8. The fourth-order valence-electron chi connectivity index (χ4n) is 11.3. The molecule has 13 rings (SSSR count). The van der Waals surface area contributed by atoms with Gasteiger partial charge in [-0.25, -0.2) is 0 Å². The standard InChI is InChI=1S/C60H38S/c1-3-17-43(18-4-1)59(45-30-27-39-15-7-8-16-40(39)35-45)53-24-12-9-21-47(53)50-36-41(28-32-55(50)59)42-29-33-56-51(37-42)48-22-10-13-25-54(48)60(56,44-19-5-2-6-20-44)46-31-34-58-52(38-46)49-23-11-14-26-57(49)61-58/h1-38H. The first-order valence-electron chi connectivity index (χ1n) is 21.2. The lowest BCUT2D eigenvalue weighted by Gasteiger charge is -2.34. The number of rotatable bonds is 5. The molecule has 0 N–H and O–H groups in total. The molecule has 0 saturated heterocycles. The minimum Gasteiger partial charge on any atom is -0.135 e. The lowest BCUT2D eigenvalue weighted by Crippen LogP contribution is -2.28. The van der Waals surface area contributed by atoms with E-state index in [1.54, 1.807) is 0 Å². The van der Waals surface area contributed by atoms with Crippen LogP contribution in [0.3, 0.4) is 0 Å². The molecule has 284 valence electrons. The molecule has 10 aromatic carbocycles. The van der Waals surface area contributed by atoms with Crippen LogP contribution in [0.1, 0.15) is 44.5 Å². The van der Waals surface area contributed by atoms with Crippen molar-refractivity contribution in [3.63, 3.8) is 0 Å². The topological polar surface area (TPSA) is 0 Å². The zero-order valence-corrected chi connectivity index (χ0v) is 34.2. The molecule has 61 heavy (non-hydrogen) atoms. The van der Waals surface area contributed by atoms with Crippen molar-refractivity contribution in [1.29, 1.82) is 0 Å². The van der Waals surface area contributed by atoms with Gasteiger partial charge in [-0.15, -0.1) is 11.3 Å². The summed E-state index contributed by atoms with van der Waals surface area (Å²) in [6.07, 6.45) is 0. The van der Waals surface area contributed by atoms with Gasteiger partial charge in [0.05, 0.1) is 10.8 Å². The maximum absolute atomic E-state index is 2.48. The minimum absolute atomic E-state index is 0.462. The van der Waals surface area contributed by atoms with Crippen LogP contribution in [0.4, 0.5) is 0 Å². The van der Waals surface area contributed by atoms with Crippen LogP contribution < -0.4 is 0 Å². The molecule has 1 aromatic heterocycles. The Kier molecular flexibility index (Phi) is 7.41. The molecule has 1 heteroatoms. The molecule has 1 heterocycles. The molecule has 11 aromatic rings. The largest absolute Gasteiger partial charge is 0.135 e. The van der Waals surface area contributed by atoms with Crippen molar-refractivity contribution >= 4 is 42.3 Å². The molecule has 0 spiro atoms. The van der Waals surface area contributed by atoms with Crippen molar-refractivity contribution < 1.29 is 0 Å². The summed E-state index contributed by atoms with van der Waals surface area (Å²) in [5.74, 6) is 0. The van der Waals surface area contributed by atoms with Crippen LogP contribution in [0.5, 0.6) is 0 Å². The van der Waals surface area contributed by atoms with E-state index in [0.717, 1.165) is 0 Å². The fourth-order valence-corrected chi connectivity index (χ4v) is 12.3. The second kappa shape index (κ2) is 13.1. The summed E-state index contributed by atoms with van der Waals surface area (Å²) in [4.78, 5) is 0. The van der Waals surface area contributed by atoms with Gasteiger partial charge in [-0.1, -0.05) is 194 Å². The third-order valence-electron chi connectivity index (χ3n) is 13.8. The predicted molar refractivity (Wildman–Crippen MR) is 257 cm³/mol. The summed E-state index contributed by atoms with van der Waals surface area (Å²) >= 11 is 1.88. The molecule has 2 aliphatic carbocycles. The van der Waals surface area contributed by atoms with Gasteiger partial charge in [0.25, 0.3) is 0 Å². The van der Waals surface area contributed by atoms with E-state index >= 15 is 0 Å². The molecule has 2 unspecified atom stereocenters. The molecule has 2 atom stereocenters. The maximum atomic E-state index is 2.48. The molecule has 0 fully saturated rings. The van der Waals surface area contributed by atoms with Crippen molar-refractivity contribution in [1.82, 2.24) is 0 Å². The van der Waals surface area contributed by atoms with Crippen LogP contribution in [0.15, 0.2) is 231 Å². The van der Waals surface area contributed by atoms with Crippen molar-refractivity contribution in [2.45, 2.75) is 10.8 Å². The summed E-state index contributed by atoms with van der Waals surface area (Å²) < 4.78 is 2.65. The van der Waals surface area contributed by atoms with Crippen molar-refractivity contribution in [2.24, 2.45) is 0 Å². The molecule has 0 radical (unpaired) electrons. The molecule has 0 saturated carbocycles. The average Bonchev–Trinajstić information content (AvgIpc) is 3.96. The Morgan fingerprint density at radius 1 is 0.262 bits per heavy atom. The highest BCUT2D eigenvalue weighted by molar-refractivity contribution is 7.25. The van der Waals surface area contributed by atoms with Crippen LogP contribution in [0.2, 0.25) is 0 Å². The van der Waals surface area contributed by atoms with Gasteiger partial charge in [0.2, 0.25) is 0 Å². The van der Waals surface area contributed by atoms with Crippen LogP contribution in [-0.2, 0) is 10.8 Å². The summed E-state index contributed by atoms with van der Waals surface area (Å²) in [5, 5.41) is 5.16. The smallest absolute Gasteiger partial charge is 0.0713 e. The molecular formula is C60H38S.